The first-order valence-corrected chi connectivity index (χ1v) is 10.4. The maximum Gasteiger partial charge on any atom is 0.244 e. The highest BCUT2D eigenvalue weighted by Crippen LogP contribution is 2.22. The molecule has 2 rings (SSSR count). The molecule has 0 spiro atoms. The van der Waals surface area contributed by atoms with Gasteiger partial charge in [-0.15, -0.1) is 0 Å². The SMILES string of the molecule is Cc1ccc([C@@H](C)NC(=O)[C@H](C)N(c2cccc(C)c2)S(C)(=O)=O)cc1. The molecule has 0 unspecified atom stereocenters. The van der Waals surface area contributed by atoms with Crippen molar-refractivity contribution in [2.75, 3.05) is 10.6 Å². The summed E-state index contributed by atoms with van der Waals surface area (Å²) < 4.78 is 25.8. The van der Waals surface area contributed by atoms with Gasteiger partial charge in [-0.3, -0.25) is 9.10 Å². The van der Waals surface area contributed by atoms with Crippen LogP contribution in [0.25, 0.3) is 0 Å². The zero-order valence-corrected chi connectivity index (χ0v) is 16.7. The quantitative estimate of drug-likeness (QED) is 0.843. The molecule has 0 saturated heterocycles. The Bertz CT molecular complexity index is 876. The summed E-state index contributed by atoms with van der Waals surface area (Å²) >= 11 is 0. The van der Waals surface area contributed by atoms with Crippen LogP contribution in [0.2, 0.25) is 0 Å². The minimum absolute atomic E-state index is 0.218. The van der Waals surface area contributed by atoms with Crippen LogP contribution in [-0.4, -0.2) is 26.6 Å². The van der Waals surface area contributed by atoms with E-state index in [0.29, 0.717) is 5.69 Å². The summed E-state index contributed by atoms with van der Waals surface area (Å²) in [7, 11) is -3.61. The van der Waals surface area contributed by atoms with Gasteiger partial charge in [0.15, 0.2) is 0 Å². The molecule has 0 heterocycles. The zero-order valence-electron chi connectivity index (χ0n) is 15.9. The van der Waals surface area contributed by atoms with Crippen molar-refractivity contribution in [3.8, 4) is 0 Å². The van der Waals surface area contributed by atoms with Gasteiger partial charge in [-0.1, -0.05) is 42.0 Å². The van der Waals surface area contributed by atoms with E-state index < -0.39 is 16.1 Å². The minimum Gasteiger partial charge on any atom is -0.348 e. The molecule has 2 aromatic carbocycles. The summed E-state index contributed by atoms with van der Waals surface area (Å²) in [4.78, 5) is 12.7. The summed E-state index contributed by atoms with van der Waals surface area (Å²) in [6, 6.07) is 13.9. The number of hydrogen-bond donors (Lipinski definition) is 1. The van der Waals surface area contributed by atoms with Crippen molar-refractivity contribution in [3.05, 3.63) is 65.2 Å². The Kier molecular flexibility index (Phi) is 6.08. The van der Waals surface area contributed by atoms with Gasteiger partial charge >= 0.3 is 0 Å². The number of nitrogens with zero attached hydrogens (tertiary/aromatic N) is 1. The molecule has 1 amide bonds. The van der Waals surface area contributed by atoms with Crippen molar-refractivity contribution < 1.29 is 13.2 Å². The van der Waals surface area contributed by atoms with E-state index in [1.807, 2.05) is 51.1 Å². The number of carbonyl (C=O) groups excluding carboxylic acids is 1. The first kappa shape index (κ1) is 20.0. The third kappa shape index (κ3) is 4.85. The Hall–Kier alpha value is -2.34. The molecule has 0 saturated carbocycles. The van der Waals surface area contributed by atoms with E-state index in [2.05, 4.69) is 5.32 Å². The molecule has 26 heavy (non-hydrogen) atoms. The number of sulfonamides is 1. The van der Waals surface area contributed by atoms with Crippen molar-refractivity contribution in [2.45, 2.75) is 39.8 Å². The van der Waals surface area contributed by atoms with Crippen LogP contribution in [0, 0.1) is 13.8 Å². The highest BCUT2D eigenvalue weighted by molar-refractivity contribution is 7.92. The lowest BCUT2D eigenvalue weighted by Gasteiger charge is -2.29. The molecule has 6 heteroatoms. The molecular weight excluding hydrogens is 348 g/mol. The number of hydrogen-bond acceptors (Lipinski definition) is 3. The summed E-state index contributed by atoms with van der Waals surface area (Å²) in [5.74, 6) is -0.343. The van der Waals surface area contributed by atoms with Crippen molar-refractivity contribution in [2.24, 2.45) is 0 Å². The molecule has 0 aromatic heterocycles. The molecule has 0 aliphatic rings. The predicted molar refractivity (Wildman–Crippen MR) is 106 cm³/mol. The normalized spacial score (nSPS) is 13.7. The smallest absolute Gasteiger partial charge is 0.244 e. The van der Waals surface area contributed by atoms with Gasteiger partial charge in [-0.05, 0) is 51.0 Å². The van der Waals surface area contributed by atoms with Crippen LogP contribution in [0.5, 0.6) is 0 Å². The maximum absolute atomic E-state index is 12.7. The molecule has 0 fully saturated rings. The molecule has 5 nitrogen and oxygen atoms in total. The molecule has 0 radical (unpaired) electrons. The van der Waals surface area contributed by atoms with Crippen LogP contribution < -0.4 is 9.62 Å². The van der Waals surface area contributed by atoms with Gasteiger partial charge in [0.25, 0.3) is 0 Å². The second-order valence-electron chi connectivity index (χ2n) is 6.71. The van der Waals surface area contributed by atoms with Gasteiger partial charge in [0.2, 0.25) is 15.9 Å². The fraction of sp³-hybridized carbons (Fsp3) is 0.350. The van der Waals surface area contributed by atoms with E-state index in [0.717, 1.165) is 27.3 Å². The summed E-state index contributed by atoms with van der Waals surface area (Å²) in [5.41, 5.74) is 3.52. The van der Waals surface area contributed by atoms with Crippen LogP contribution in [0.15, 0.2) is 48.5 Å². The molecule has 140 valence electrons. The van der Waals surface area contributed by atoms with Gasteiger partial charge in [0.1, 0.15) is 6.04 Å². The topological polar surface area (TPSA) is 66.5 Å². The first-order valence-electron chi connectivity index (χ1n) is 8.52. The number of rotatable bonds is 6. The van der Waals surface area contributed by atoms with Gasteiger partial charge in [0.05, 0.1) is 18.0 Å². The largest absolute Gasteiger partial charge is 0.348 e. The molecule has 0 bridgehead atoms. The number of anilines is 1. The Balaban J connectivity index is 2.23. The molecule has 0 aliphatic carbocycles. The highest BCUT2D eigenvalue weighted by atomic mass is 32.2. The lowest BCUT2D eigenvalue weighted by Crippen LogP contribution is -2.48. The van der Waals surface area contributed by atoms with Crippen molar-refractivity contribution in [3.63, 3.8) is 0 Å². The summed E-state index contributed by atoms with van der Waals surface area (Å²) in [5, 5.41) is 2.91. The fourth-order valence-electron chi connectivity index (χ4n) is 2.85. The van der Waals surface area contributed by atoms with Gasteiger partial charge < -0.3 is 5.32 Å². The fourth-order valence-corrected chi connectivity index (χ4v) is 4.01. The van der Waals surface area contributed by atoms with E-state index in [1.54, 1.807) is 25.1 Å². The standard InChI is InChI=1S/C20H26N2O3S/c1-14-9-11-18(12-10-14)16(3)21-20(23)17(4)22(26(5,24)25)19-8-6-7-15(2)13-19/h6-13,16-17H,1-5H3,(H,21,23)/t16-,17+/m1/s1. The number of aryl methyl sites for hydroxylation is 2. The first-order chi connectivity index (χ1) is 12.1. The van der Waals surface area contributed by atoms with Crippen LogP contribution in [0.4, 0.5) is 5.69 Å². The summed E-state index contributed by atoms with van der Waals surface area (Å²) in [6.07, 6.45) is 1.11. The van der Waals surface area contributed by atoms with E-state index in [1.165, 1.54) is 0 Å². The van der Waals surface area contributed by atoms with Gasteiger partial charge in [-0.25, -0.2) is 8.42 Å². The van der Waals surface area contributed by atoms with E-state index in [4.69, 9.17) is 0 Å². The second kappa shape index (κ2) is 7.91. The number of carbonyl (C=O) groups is 1. The van der Waals surface area contributed by atoms with Gasteiger partial charge in [-0.2, -0.15) is 0 Å². The number of amides is 1. The Labute approximate surface area is 156 Å². The summed E-state index contributed by atoms with van der Waals surface area (Å²) in [6.45, 7) is 7.36. The molecule has 2 aromatic rings. The van der Waals surface area contributed by atoms with Gasteiger partial charge in [0, 0.05) is 0 Å². The van der Waals surface area contributed by atoms with Crippen molar-refractivity contribution >= 4 is 21.6 Å². The Morgan fingerprint density at radius 3 is 2.15 bits per heavy atom. The third-order valence-electron chi connectivity index (χ3n) is 4.28. The second-order valence-corrected chi connectivity index (χ2v) is 8.57. The molecule has 2 atom stereocenters. The van der Waals surface area contributed by atoms with Crippen molar-refractivity contribution in [1.82, 2.24) is 5.32 Å². The number of nitrogens with one attached hydrogen (secondary N) is 1. The average molecular weight is 375 g/mol. The molecule has 0 aliphatic heterocycles. The molecule has 1 N–H and O–H groups in total. The average Bonchev–Trinajstić information content (AvgIpc) is 2.54. The number of benzene rings is 2. The highest BCUT2D eigenvalue weighted by Gasteiger charge is 2.29. The third-order valence-corrected chi connectivity index (χ3v) is 5.52. The Morgan fingerprint density at radius 2 is 1.62 bits per heavy atom. The van der Waals surface area contributed by atoms with E-state index >= 15 is 0 Å². The van der Waals surface area contributed by atoms with Crippen LogP contribution >= 0.6 is 0 Å². The minimum atomic E-state index is -3.61. The lowest BCUT2D eigenvalue weighted by atomic mass is 10.1. The van der Waals surface area contributed by atoms with E-state index in [9.17, 15) is 13.2 Å². The van der Waals surface area contributed by atoms with Crippen LogP contribution in [0.1, 0.15) is 36.6 Å². The van der Waals surface area contributed by atoms with Crippen LogP contribution in [-0.2, 0) is 14.8 Å². The lowest BCUT2D eigenvalue weighted by molar-refractivity contribution is -0.122. The predicted octanol–water partition coefficient (Wildman–Crippen LogP) is 3.34. The monoisotopic (exact) mass is 374 g/mol. The zero-order chi connectivity index (χ0) is 19.5. The van der Waals surface area contributed by atoms with E-state index in [-0.39, 0.29) is 11.9 Å². The van der Waals surface area contributed by atoms with Crippen molar-refractivity contribution in [1.29, 1.82) is 0 Å². The maximum atomic E-state index is 12.7. The Morgan fingerprint density at radius 1 is 1.00 bits per heavy atom. The van der Waals surface area contributed by atoms with Crippen LogP contribution in [0.3, 0.4) is 0 Å². The molecular formula is C20H26N2O3S.